The molecule has 8 rings (SSSR count). The lowest BCUT2D eigenvalue weighted by Crippen LogP contribution is -1.91. The van der Waals surface area contributed by atoms with Crippen molar-refractivity contribution in [3.8, 4) is 44.8 Å². The highest BCUT2D eigenvalue weighted by Crippen LogP contribution is 2.41. The summed E-state index contributed by atoms with van der Waals surface area (Å²) in [5.74, 6) is 0.765. The standard InChI is InChI=1S/C42H29NO2/c1-3-11-33-37(4-2)44-38-22-23-39-42(41(33)38)34-21-20-31(26-40(34)45-39)28-16-18-30(19-17-28)36-25-32(27-12-7-5-8-13-27)24-35(43-36)29-14-9-6-10-15-29/h3-26H,2H2,1H3/b11-3-. The van der Waals surface area contributed by atoms with Crippen LogP contribution < -0.4 is 0 Å². The molecule has 3 heteroatoms. The van der Waals surface area contributed by atoms with Crippen molar-refractivity contribution in [1.29, 1.82) is 0 Å². The largest absolute Gasteiger partial charge is 0.456 e. The fourth-order valence-corrected chi connectivity index (χ4v) is 6.23. The zero-order valence-corrected chi connectivity index (χ0v) is 24.8. The Labute approximate surface area is 261 Å². The molecule has 0 unspecified atom stereocenters. The van der Waals surface area contributed by atoms with Crippen molar-refractivity contribution in [3.05, 3.63) is 151 Å². The minimum atomic E-state index is 0.765. The molecule has 5 aromatic carbocycles. The van der Waals surface area contributed by atoms with Gasteiger partial charge in [0, 0.05) is 32.8 Å². The van der Waals surface area contributed by atoms with Gasteiger partial charge < -0.3 is 8.83 Å². The van der Waals surface area contributed by atoms with Crippen LogP contribution in [0.2, 0.25) is 0 Å². The molecule has 0 radical (unpaired) electrons. The topological polar surface area (TPSA) is 39.2 Å². The molecule has 0 spiro atoms. The molecule has 3 nitrogen and oxygen atoms in total. The maximum Gasteiger partial charge on any atom is 0.136 e. The van der Waals surface area contributed by atoms with Gasteiger partial charge in [0.1, 0.15) is 22.5 Å². The van der Waals surface area contributed by atoms with Crippen LogP contribution in [0.15, 0.2) is 149 Å². The molecule has 0 aliphatic carbocycles. The van der Waals surface area contributed by atoms with E-state index in [0.29, 0.717) is 0 Å². The first-order chi connectivity index (χ1) is 22.2. The lowest BCUT2D eigenvalue weighted by Gasteiger charge is -2.11. The van der Waals surface area contributed by atoms with Gasteiger partial charge in [-0.25, -0.2) is 4.98 Å². The molecule has 0 amide bonds. The van der Waals surface area contributed by atoms with Gasteiger partial charge in [0.25, 0.3) is 0 Å². The molecule has 214 valence electrons. The Hall–Kier alpha value is -5.93. The van der Waals surface area contributed by atoms with E-state index in [1.165, 1.54) is 5.56 Å². The Balaban J connectivity index is 1.20. The first-order valence-corrected chi connectivity index (χ1v) is 15.1. The van der Waals surface area contributed by atoms with E-state index in [9.17, 15) is 0 Å². The molecule has 0 bridgehead atoms. The SMILES string of the molecule is C=Cc1oc2ccc3oc4cc(-c5ccc(-c6cc(-c7ccccc7)cc(-c7ccccc7)n6)cc5)ccc4c3c2c1/C=C\C. The van der Waals surface area contributed by atoms with Crippen molar-refractivity contribution < 1.29 is 8.83 Å². The number of pyridine rings is 1. The van der Waals surface area contributed by atoms with Crippen LogP contribution in [0.4, 0.5) is 0 Å². The molecule has 0 saturated heterocycles. The van der Waals surface area contributed by atoms with E-state index in [2.05, 4.69) is 116 Å². The van der Waals surface area contributed by atoms with Gasteiger partial charge in [0.2, 0.25) is 0 Å². The third-order valence-electron chi connectivity index (χ3n) is 8.39. The smallest absolute Gasteiger partial charge is 0.136 e. The van der Waals surface area contributed by atoms with Crippen molar-refractivity contribution in [3.63, 3.8) is 0 Å². The first kappa shape index (κ1) is 26.7. The van der Waals surface area contributed by atoms with Gasteiger partial charge in [-0.05, 0) is 71.7 Å². The second-order valence-corrected chi connectivity index (χ2v) is 11.1. The lowest BCUT2D eigenvalue weighted by molar-refractivity contribution is 0.603. The maximum absolute atomic E-state index is 6.40. The third kappa shape index (κ3) is 4.66. The van der Waals surface area contributed by atoms with E-state index in [1.54, 1.807) is 6.08 Å². The maximum atomic E-state index is 6.40. The lowest BCUT2D eigenvalue weighted by atomic mass is 9.98. The van der Waals surface area contributed by atoms with E-state index >= 15 is 0 Å². The number of rotatable bonds is 6. The van der Waals surface area contributed by atoms with Crippen molar-refractivity contribution in [1.82, 2.24) is 4.98 Å². The number of benzene rings is 5. The van der Waals surface area contributed by atoms with Gasteiger partial charge in [-0.2, -0.15) is 0 Å². The number of hydrogen-bond donors (Lipinski definition) is 0. The van der Waals surface area contributed by atoms with Crippen LogP contribution in [-0.4, -0.2) is 4.98 Å². The molecule has 0 aliphatic rings. The molecule has 45 heavy (non-hydrogen) atoms. The summed E-state index contributed by atoms with van der Waals surface area (Å²) in [7, 11) is 0. The van der Waals surface area contributed by atoms with E-state index in [-0.39, 0.29) is 0 Å². The molecule has 0 N–H and O–H groups in total. The fraction of sp³-hybridized carbons (Fsp3) is 0.0238. The summed E-state index contributed by atoms with van der Waals surface area (Å²) < 4.78 is 12.5. The van der Waals surface area contributed by atoms with Gasteiger partial charge >= 0.3 is 0 Å². The molecule has 0 aliphatic heterocycles. The second-order valence-electron chi connectivity index (χ2n) is 11.1. The fourth-order valence-electron chi connectivity index (χ4n) is 6.23. The molecular weight excluding hydrogens is 550 g/mol. The number of aromatic nitrogens is 1. The summed E-state index contributed by atoms with van der Waals surface area (Å²) in [4.78, 5) is 5.09. The molecule has 0 fully saturated rings. The highest BCUT2D eigenvalue weighted by molar-refractivity contribution is 6.21. The predicted molar refractivity (Wildman–Crippen MR) is 188 cm³/mol. The predicted octanol–water partition coefficient (Wildman–Crippen LogP) is 12.1. The minimum Gasteiger partial charge on any atom is -0.456 e. The molecule has 0 saturated carbocycles. The molecule has 3 heterocycles. The zero-order chi connectivity index (χ0) is 30.3. The quantitative estimate of drug-likeness (QED) is 0.197. The number of allylic oxidation sites excluding steroid dienone is 1. The van der Waals surface area contributed by atoms with Crippen molar-refractivity contribution in [2.75, 3.05) is 0 Å². The molecule has 8 aromatic rings. The van der Waals surface area contributed by atoms with E-state index < -0.39 is 0 Å². The van der Waals surface area contributed by atoms with Crippen molar-refractivity contribution in [2.45, 2.75) is 6.92 Å². The monoisotopic (exact) mass is 579 g/mol. The normalized spacial score (nSPS) is 11.7. The van der Waals surface area contributed by atoms with Gasteiger partial charge in [-0.15, -0.1) is 0 Å². The van der Waals surface area contributed by atoms with Crippen LogP contribution in [-0.2, 0) is 0 Å². The first-order valence-electron chi connectivity index (χ1n) is 15.1. The number of hydrogen-bond acceptors (Lipinski definition) is 3. The van der Waals surface area contributed by atoms with Crippen LogP contribution >= 0.6 is 0 Å². The van der Waals surface area contributed by atoms with Crippen LogP contribution in [0.3, 0.4) is 0 Å². The Morgan fingerprint density at radius 1 is 0.533 bits per heavy atom. The second kappa shape index (κ2) is 11.0. The van der Waals surface area contributed by atoms with Crippen LogP contribution in [0.1, 0.15) is 18.2 Å². The number of nitrogens with zero attached hydrogens (tertiary/aromatic N) is 1. The molecule has 3 aromatic heterocycles. The molecular formula is C42H29NO2. The highest BCUT2D eigenvalue weighted by Gasteiger charge is 2.18. The van der Waals surface area contributed by atoms with Crippen LogP contribution in [0.5, 0.6) is 0 Å². The third-order valence-corrected chi connectivity index (χ3v) is 8.39. The van der Waals surface area contributed by atoms with Gasteiger partial charge in [-0.1, -0.05) is 110 Å². The Morgan fingerprint density at radius 2 is 1.11 bits per heavy atom. The average Bonchev–Trinajstić information content (AvgIpc) is 3.66. The summed E-state index contributed by atoms with van der Waals surface area (Å²) in [5.41, 5.74) is 12.1. The Morgan fingerprint density at radius 3 is 1.78 bits per heavy atom. The van der Waals surface area contributed by atoms with Crippen LogP contribution in [0, 0.1) is 0 Å². The number of fused-ring (bicyclic) bond motifs is 5. The van der Waals surface area contributed by atoms with E-state index in [4.69, 9.17) is 13.8 Å². The van der Waals surface area contributed by atoms with Crippen molar-refractivity contribution >= 4 is 45.1 Å². The Kier molecular flexibility index (Phi) is 6.50. The summed E-state index contributed by atoms with van der Waals surface area (Å²) in [5, 5.41) is 3.18. The zero-order valence-electron chi connectivity index (χ0n) is 24.8. The minimum absolute atomic E-state index is 0.765. The van der Waals surface area contributed by atoms with Gasteiger partial charge in [0.05, 0.1) is 11.4 Å². The molecule has 0 atom stereocenters. The number of furan rings is 2. The van der Waals surface area contributed by atoms with Gasteiger partial charge in [0.15, 0.2) is 0 Å². The highest BCUT2D eigenvalue weighted by atomic mass is 16.3. The summed E-state index contributed by atoms with van der Waals surface area (Å²) in [6.45, 7) is 5.96. The summed E-state index contributed by atoms with van der Waals surface area (Å²) in [6, 6.07) is 44.2. The van der Waals surface area contributed by atoms with E-state index in [0.717, 1.165) is 83.4 Å². The van der Waals surface area contributed by atoms with Crippen LogP contribution in [0.25, 0.3) is 89.8 Å². The Bertz CT molecular complexity index is 2320. The summed E-state index contributed by atoms with van der Waals surface area (Å²) in [6.07, 6.45) is 5.86. The van der Waals surface area contributed by atoms with Gasteiger partial charge in [-0.3, -0.25) is 0 Å². The summed E-state index contributed by atoms with van der Waals surface area (Å²) >= 11 is 0. The van der Waals surface area contributed by atoms with E-state index in [1.807, 2.05) is 37.3 Å². The average molecular weight is 580 g/mol. The van der Waals surface area contributed by atoms with Crippen molar-refractivity contribution in [2.24, 2.45) is 0 Å².